The number of methoxy groups -OCH3 is 1. The SMILES string of the molecule is COC(=O)CCCNC(=O)CSc1nnnn1-c1cccc(Cl)c1. The van der Waals surface area contributed by atoms with Crippen LogP contribution in [0.1, 0.15) is 12.8 Å². The number of thioether (sulfide) groups is 1. The van der Waals surface area contributed by atoms with Gasteiger partial charge in [0, 0.05) is 18.0 Å². The Morgan fingerprint density at radius 2 is 2.25 bits per heavy atom. The van der Waals surface area contributed by atoms with Gasteiger partial charge in [-0.2, -0.15) is 4.68 Å². The summed E-state index contributed by atoms with van der Waals surface area (Å²) in [5, 5.41) is 15.2. The fourth-order valence-electron chi connectivity index (χ4n) is 1.78. The standard InChI is InChI=1S/C14H16ClN5O3S/c1-23-13(22)6-3-7-16-12(21)9-24-14-17-18-19-20(14)11-5-2-4-10(15)8-11/h2,4-5,8H,3,6-7,9H2,1H3,(H,16,21). The molecule has 0 aliphatic heterocycles. The quantitative estimate of drug-likeness (QED) is 0.427. The van der Waals surface area contributed by atoms with Crippen molar-refractivity contribution in [2.24, 2.45) is 0 Å². The van der Waals surface area contributed by atoms with Crippen LogP contribution in [0.15, 0.2) is 29.4 Å². The van der Waals surface area contributed by atoms with Crippen molar-refractivity contribution in [3.63, 3.8) is 0 Å². The van der Waals surface area contributed by atoms with E-state index in [4.69, 9.17) is 11.6 Å². The Kier molecular flexibility index (Phi) is 7.01. The van der Waals surface area contributed by atoms with E-state index < -0.39 is 0 Å². The molecule has 1 aromatic carbocycles. The lowest BCUT2D eigenvalue weighted by Crippen LogP contribution is -2.26. The van der Waals surface area contributed by atoms with Crippen LogP contribution < -0.4 is 5.32 Å². The molecule has 0 unspecified atom stereocenters. The largest absolute Gasteiger partial charge is 0.469 e. The number of tetrazole rings is 1. The number of benzene rings is 1. The summed E-state index contributed by atoms with van der Waals surface area (Å²) in [6, 6.07) is 7.10. The third kappa shape index (κ3) is 5.50. The van der Waals surface area contributed by atoms with E-state index in [1.807, 2.05) is 6.07 Å². The first-order valence-corrected chi connectivity index (χ1v) is 8.47. The average molecular weight is 370 g/mol. The number of hydrogen-bond acceptors (Lipinski definition) is 7. The maximum Gasteiger partial charge on any atom is 0.305 e. The summed E-state index contributed by atoms with van der Waals surface area (Å²) < 4.78 is 6.04. The summed E-state index contributed by atoms with van der Waals surface area (Å²) in [7, 11) is 1.33. The Bertz CT molecular complexity index is 709. The summed E-state index contributed by atoms with van der Waals surface area (Å²) >= 11 is 7.17. The number of esters is 1. The van der Waals surface area contributed by atoms with Crippen molar-refractivity contribution in [1.82, 2.24) is 25.5 Å². The molecule has 0 saturated heterocycles. The lowest BCUT2D eigenvalue weighted by molar-refractivity contribution is -0.140. The molecule has 0 aliphatic carbocycles. The normalized spacial score (nSPS) is 10.4. The number of amides is 1. The zero-order chi connectivity index (χ0) is 17.4. The zero-order valence-corrected chi connectivity index (χ0v) is 14.5. The van der Waals surface area contributed by atoms with Crippen LogP contribution in [0, 0.1) is 0 Å². The number of nitrogens with zero attached hydrogens (tertiary/aromatic N) is 4. The molecule has 1 N–H and O–H groups in total. The van der Waals surface area contributed by atoms with Crippen LogP contribution in [0.4, 0.5) is 0 Å². The van der Waals surface area contributed by atoms with Gasteiger partial charge in [0.1, 0.15) is 0 Å². The van der Waals surface area contributed by atoms with Gasteiger partial charge >= 0.3 is 5.97 Å². The van der Waals surface area contributed by atoms with E-state index >= 15 is 0 Å². The maximum absolute atomic E-state index is 11.8. The van der Waals surface area contributed by atoms with Crippen LogP contribution >= 0.6 is 23.4 Å². The molecule has 0 radical (unpaired) electrons. The monoisotopic (exact) mass is 369 g/mol. The first-order valence-electron chi connectivity index (χ1n) is 7.11. The molecular weight excluding hydrogens is 354 g/mol. The molecule has 2 aromatic rings. The molecule has 0 saturated carbocycles. The molecule has 24 heavy (non-hydrogen) atoms. The Morgan fingerprint density at radius 1 is 1.42 bits per heavy atom. The number of hydrogen-bond donors (Lipinski definition) is 1. The second-order valence-electron chi connectivity index (χ2n) is 4.67. The first kappa shape index (κ1) is 18.2. The predicted octanol–water partition coefficient (Wildman–Crippen LogP) is 1.48. The van der Waals surface area contributed by atoms with Crippen molar-refractivity contribution >= 4 is 35.2 Å². The van der Waals surface area contributed by atoms with Crippen LogP contribution in [-0.4, -0.2) is 51.5 Å². The lowest BCUT2D eigenvalue weighted by Gasteiger charge is -2.06. The summed E-state index contributed by atoms with van der Waals surface area (Å²) in [5.74, 6) is -0.288. The number of carbonyl (C=O) groups is 2. The molecule has 0 spiro atoms. The highest BCUT2D eigenvalue weighted by atomic mass is 35.5. The van der Waals surface area contributed by atoms with Gasteiger partial charge in [-0.25, -0.2) is 0 Å². The van der Waals surface area contributed by atoms with E-state index in [0.29, 0.717) is 28.8 Å². The fraction of sp³-hybridized carbons (Fsp3) is 0.357. The topological polar surface area (TPSA) is 99.0 Å². The predicted molar refractivity (Wildman–Crippen MR) is 89.1 cm³/mol. The smallest absolute Gasteiger partial charge is 0.305 e. The van der Waals surface area contributed by atoms with E-state index in [1.54, 1.807) is 18.2 Å². The van der Waals surface area contributed by atoms with E-state index in [0.717, 1.165) is 0 Å². The zero-order valence-electron chi connectivity index (χ0n) is 12.9. The Hall–Kier alpha value is -2.13. The lowest BCUT2D eigenvalue weighted by atomic mass is 10.3. The molecule has 0 fully saturated rings. The third-order valence-corrected chi connectivity index (χ3v) is 4.09. The Labute approximate surface area is 147 Å². The maximum atomic E-state index is 11.8. The molecule has 0 atom stereocenters. The summed E-state index contributed by atoms with van der Waals surface area (Å²) in [4.78, 5) is 22.8. The van der Waals surface area contributed by atoms with Gasteiger partial charge in [0.15, 0.2) is 0 Å². The van der Waals surface area contributed by atoms with Crippen LogP contribution in [0.25, 0.3) is 5.69 Å². The fourth-order valence-corrected chi connectivity index (χ4v) is 2.69. The van der Waals surface area contributed by atoms with Crippen molar-refractivity contribution in [1.29, 1.82) is 0 Å². The van der Waals surface area contributed by atoms with Crippen molar-refractivity contribution in [3.05, 3.63) is 29.3 Å². The van der Waals surface area contributed by atoms with E-state index in [9.17, 15) is 9.59 Å². The third-order valence-electron chi connectivity index (χ3n) is 2.93. The Morgan fingerprint density at radius 3 is 3.00 bits per heavy atom. The number of carbonyl (C=O) groups excluding carboxylic acids is 2. The number of ether oxygens (including phenoxy) is 1. The molecule has 1 amide bonds. The van der Waals surface area contributed by atoms with Gasteiger partial charge in [0.05, 0.1) is 18.6 Å². The molecule has 10 heteroatoms. The van der Waals surface area contributed by atoms with Crippen molar-refractivity contribution in [2.45, 2.75) is 18.0 Å². The Balaban J connectivity index is 1.82. The van der Waals surface area contributed by atoms with Crippen LogP contribution in [0.5, 0.6) is 0 Å². The highest BCUT2D eigenvalue weighted by Gasteiger charge is 2.11. The van der Waals surface area contributed by atoms with Crippen LogP contribution in [0.3, 0.4) is 0 Å². The van der Waals surface area contributed by atoms with Gasteiger partial charge in [-0.05, 0) is 35.0 Å². The van der Waals surface area contributed by atoms with Crippen LogP contribution in [0.2, 0.25) is 5.02 Å². The van der Waals surface area contributed by atoms with E-state index in [1.165, 1.54) is 23.6 Å². The molecular formula is C14H16ClN5O3S. The molecule has 8 nitrogen and oxygen atoms in total. The van der Waals surface area contributed by atoms with E-state index in [2.05, 4.69) is 25.6 Å². The molecule has 0 aliphatic rings. The number of nitrogens with one attached hydrogen (secondary N) is 1. The number of halogens is 1. The molecule has 128 valence electrons. The van der Waals surface area contributed by atoms with Crippen molar-refractivity contribution in [2.75, 3.05) is 19.4 Å². The molecule has 1 aromatic heterocycles. The van der Waals surface area contributed by atoms with Crippen LogP contribution in [-0.2, 0) is 14.3 Å². The summed E-state index contributed by atoms with van der Waals surface area (Å²) in [5.41, 5.74) is 0.716. The molecule has 1 heterocycles. The second kappa shape index (κ2) is 9.24. The molecule has 2 rings (SSSR count). The van der Waals surface area contributed by atoms with Gasteiger partial charge in [-0.15, -0.1) is 5.10 Å². The molecule has 0 bridgehead atoms. The average Bonchev–Trinajstić information content (AvgIpc) is 3.05. The minimum atomic E-state index is -0.292. The van der Waals surface area contributed by atoms with Gasteiger partial charge < -0.3 is 10.1 Å². The highest BCUT2D eigenvalue weighted by molar-refractivity contribution is 7.99. The minimum absolute atomic E-state index is 0.162. The van der Waals surface area contributed by atoms with Gasteiger partial charge in [-0.1, -0.05) is 29.4 Å². The highest BCUT2D eigenvalue weighted by Crippen LogP contribution is 2.20. The van der Waals surface area contributed by atoms with Crippen molar-refractivity contribution in [3.8, 4) is 5.69 Å². The van der Waals surface area contributed by atoms with Gasteiger partial charge in [0.2, 0.25) is 11.1 Å². The van der Waals surface area contributed by atoms with E-state index in [-0.39, 0.29) is 24.1 Å². The first-order chi connectivity index (χ1) is 11.6. The number of rotatable bonds is 8. The van der Waals surface area contributed by atoms with Gasteiger partial charge in [-0.3, -0.25) is 9.59 Å². The summed E-state index contributed by atoms with van der Waals surface area (Å²) in [6.45, 7) is 0.410. The van der Waals surface area contributed by atoms with Gasteiger partial charge in [0.25, 0.3) is 0 Å². The minimum Gasteiger partial charge on any atom is -0.469 e. The summed E-state index contributed by atoms with van der Waals surface area (Å²) in [6.07, 6.45) is 0.806. The second-order valence-corrected chi connectivity index (χ2v) is 6.05. The van der Waals surface area contributed by atoms with Crippen molar-refractivity contribution < 1.29 is 14.3 Å². The number of aromatic nitrogens is 4.